The van der Waals surface area contributed by atoms with Gasteiger partial charge in [-0.2, -0.15) is 0 Å². The van der Waals surface area contributed by atoms with Crippen LogP contribution in [0.5, 0.6) is 0 Å². The Morgan fingerprint density at radius 1 is 1.58 bits per heavy atom. The molecule has 1 aliphatic rings. The first-order valence-electron chi connectivity index (χ1n) is 6.62. The number of hydrogen-bond acceptors (Lipinski definition) is 3. The average molecular weight is 283 g/mol. The molecule has 1 aromatic rings. The van der Waals surface area contributed by atoms with E-state index >= 15 is 0 Å². The lowest BCUT2D eigenvalue weighted by molar-refractivity contribution is 0.0724. The van der Waals surface area contributed by atoms with Crippen molar-refractivity contribution in [1.29, 1.82) is 0 Å². The van der Waals surface area contributed by atoms with Crippen LogP contribution in [0, 0.1) is 0 Å². The number of rotatable bonds is 4. The topological polar surface area (TPSA) is 42.4 Å². The highest BCUT2D eigenvalue weighted by Crippen LogP contribution is 2.18. The van der Waals surface area contributed by atoms with Crippen molar-refractivity contribution in [2.45, 2.75) is 32.3 Å². The normalized spacial score (nSPS) is 18.9. The second-order valence-electron chi connectivity index (χ2n) is 4.82. The van der Waals surface area contributed by atoms with E-state index in [1.807, 2.05) is 11.0 Å². The second kappa shape index (κ2) is 6.35. The van der Waals surface area contributed by atoms with E-state index in [1.54, 1.807) is 13.2 Å². The summed E-state index contributed by atoms with van der Waals surface area (Å²) in [6.45, 7) is 3.46. The summed E-state index contributed by atoms with van der Waals surface area (Å²) in [5.74, 6) is 0.0150. The molecule has 0 aromatic carbocycles. The molecule has 104 valence electrons. The van der Waals surface area contributed by atoms with Gasteiger partial charge in [0.1, 0.15) is 5.15 Å². The first-order chi connectivity index (χ1) is 9.13. The van der Waals surface area contributed by atoms with Gasteiger partial charge in [0.15, 0.2) is 0 Å². The smallest absolute Gasteiger partial charge is 0.254 e. The van der Waals surface area contributed by atoms with Gasteiger partial charge in [-0.05, 0) is 25.0 Å². The maximum Gasteiger partial charge on any atom is 0.254 e. The summed E-state index contributed by atoms with van der Waals surface area (Å²) in [4.78, 5) is 18.4. The second-order valence-corrected chi connectivity index (χ2v) is 5.20. The predicted octanol–water partition coefficient (Wildman–Crippen LogP) is 2.55. The monoisotopic (exact) mass is 282 g/mol. The predicted molar refractivity (Wildman–Crippen MR) is 74.6 cm³/mol. The molecule has 0 spiro atoms. The molecule has 1 atom stereocenters. The van der Waals surface area contributed by atoms with Crippen LogP contribution in [-0.4, -0.2) is 42.1 Å². The van der Waals surface area contributed by atoms with E-state index in [0.29, 0.717) is 17.3 Å². The number of hydrogen-bond donors (Lipinski definition) is 0. The van der Waals surface area contributed by atoms with E-state index < -0.39 is 0 Å². The molecule has 2 heterocycles. The van der Waals surface area contributed by atoms with Crippen LogP contribution >= 0.6 is 11.6 Å². The number of ether oxygens (including phenoxy) is 1. The Kier molecular flexibility index (Phi) is 4.77. The third-order valence-corrected chi connectivity index (χ3v) is 3.56. The zero-order valence-corrected chi connectivity index (χ0v) is 12.1. The zero-order chi connectivity index (χ0) is 13.8. The molecule has 0 aliphatic carbocycles. The van der Waals surface area contributed by atoms with Crippen LogP contribution in [0.15, 0.2) is 12.1 Å². The molecule has 0 radical (unpaired) electrons. The molecule has 1 aliphatic heterocycles. The van der Waals surface area contributed by atoms with E-state index in [0.717, 1.165) is 31.5 Å². The maximum absolute atomic E-state index is 12.4. The van der Waals surface area contributed by atoms with E-state index in [4.69, 9.17) is 16.3 Å². The number of amides is 1. The quantitative estimate of drug-likeness (QED) is 0.797. The fraction of sp³-hybridized carbons (Fsp3) is 0.571. The third-order valence-electron chi connectivity index (χ3n) is 3.37. The van der Waals surface area contributed by atoms with Gasteiger partial charge >= 0.3 is 0 Å². The molecule has 19 heavy (non-hydrogen) atoms. The fourth-order valence-corrected chi connectivity index (χ4v) is 2.57. The van der Waals surface area contributed by atoms with Crippen molar-refractivity contribution < 1.29 is 9.53 Å². The molecule has 0 N–H and O–H groups in total. The molecule has 5 heteroatoms. The molecule has 1 amide bonds. The van der Waals surface area contributed by atoms with E-state index in [1.165, 1.54) is 0 Å². The lowest BCUT2D eigenvalue weighted by Gasteiger charge is -2.16. The van der Waals surface area contributed by atoms with Gasteiger partial charge in [0.2, 0.25) is 0 Å². The minimum atomic E-state index is 0.0150. The highest BCUT2D eigenvalue weighted by molar-refractivity contribution is 6.29. The number of carbonyl (C=O) groups is 1. The summed E-state index contributed by atoms with van der Waals surface area (Å²) in [5, 5.41) is 0.386. The van der Waals surface area contributed by atoms with Crippen molar-refractivity contribution >= 4 is 17.5 Å². The third kappa shape index (κ3) is 3.45. The molecular weight excluding hydrogens is 264 g/mol. The zero-order valence-electron chi connectivity index (χ0n) is 11.4. The van der Waals surface area contributed by atoms with Crippen LogP contribution in [0.1, 0.15) is 35.8 Å². The van der Waals surface area contributed by atoms with E-state index in [2.05, 4.69) is 11.9 Å². The van der Waals surface area contributed by atoms with Crippen molar-refractivity contribution in [2.24, 2.45) is 0 Å². The van der Waals surface area contributed by atoms with Crippen LogP contribution < -0.4 is 0 Å². The highest BCUT2D eigenvalue weighted by atomic mass is 35.5. The summed E-state index contributed by atoms with van der Waals surface area (Å²) < 4.78 is 5.28. The molecule has 1 unspecified atom stereocenters. The van der Waals surface area contributed by atoms with Crippen LogP contribution in [0.2, 0.25) is 5.15 Å². The number of halogens is 1. The summed E-state index contributed by atoms with van der Waals surface area (Å²) in [6.07, 6.45) is 2.86. The number of aryl methyl sites for hydroxylation is 1. The van der Waals surface area contributed by atoms with Gasteiger partial charge in [-0.25, -0.2) is 4.98 Å². The Bertz CT molecular complexity index is 465. The largest absolute Gasteiger partial charge is 0.380 e. The molecular formula is C14H19ClN2O2. The van der Waals surface area contributed by atoms with Crippen molar-refractivity contribution in [3.63, 3.8) is 0 Å². The Hall–Kier alpha value is -1.13. The van der Waals surface area contributed by atoms with Crippen molar-refractivity contribution in [1.82, 2.24) is 9.88 Å². The molecule has 0 saturated carbocycles. The van der Waals surface area contributed by atoms with Gasteiger partial charge in [-0.1, -0.05) is 24.9 Å². The minimum Gasteiger partial charge on any atom is -0.380 e. The molecule has 2 rings (SSSR count). The first-order valence-corrected chi connectivity index (χ1v) is 7.00. The van der Waals surface area contributed by atoms with Crippen molar-refractivity contribution in [3.05, 3.63) is 28.5 Å². The first kappa shape index (κ1) is 14.3. The van der Waals surface area contributed by atoms with Gasteiger partial charge < -0.3 is 9.64 Å². The number of pyridine rings is 1. The molecule has 4 nitrogen and oxygen atoms in total. The Morgan fingerprint density at radius 3 is 3.00 bits per heavy atom. The molecule has 1 aromatic heterocycles. The Labute approximate surface area is 118 Å². The SMILES string of the molecule is CCCc1cc(C(=O)N2CCC(OC)C2)cc(Cl)n1. The number of nitrogens with zero attached hydrogens (tertiary/aromatic N) is 2. The van der Waals surface area contributed by atoms with Gasteiger partial charge in [0.25, 0.3) is 5.91 Å². The summed E-state index contributed by atoms with van der Waals surface area (Å²) in [7, 11) is 1.68. The average Bonchev–Trinajstić information content (AvgIpc) is 2.86. The highest BCUT2D eigenvalue weighted by Gasteiger charge is 2.27. The Morgan fingerprint density at radius 2 is 2.37 bits per heavy atom. The van der Waals surface area contributed by atoms with Crippen LogP contribution in [0.3, 0.4) is 0 Å². The molecule has 1 fully saturated rings. The summed E-state index contributed by atoms with van der Waals surface area (Å²) in [6, 6.07) is 3.49. The van der Waals surface area contributed by atoms with Crippen molar-refractivity contribution in [2.75, 3.05) is 20.2 Å². The van der Waals surface area contributed by atoms with E-state index in [-0.39, 0.29) is 12.0 Å². The maximum atomic E-state index is 12.4. The number of methoxy groups -OCH3 is 1. The fourth-order valence-electron chi connectivity index (χ4n) is 2.35. The van der Waals surface area contributed by atoms with E-state index in [9.17, 15) is 4.79 Å². The van der Waals surface area contributed by atoms with Gasteiger partial charge in [-0.15, -0.1) is 0 Å². The van der Waals surface area contributed by atoms with Gasteiger partial charge in [0.05, 0.1) is 6.10 Å². The van der Waals surface area contributed by atoms with Crippen LogP contribution in [0.4, 0.5) is 0 Å². The number of carbonyl (C=O) groups excluding carboxylic acids is 1. The standard InChI is InChI=1S/C14H19ClN2O2/c1-3-4-11-7-10(8-13(15)16-11)14(18)17-6-5-12(9-17)19-2/h7-8,12H,3-6,9H2,1-2H3. The lowest BCUT2D eigenvalue weighted by Crippen LogP contribution is -2.30. The molecule has 0 bridgehead atoms. The van der Waals surface area contributed by atoms with Crippen LogP contribution in [-0.2, 0) is 11.2 Å². The summed E-state index contributed by atoms with van der Waals surface area (Å²) in [5.41, 5.74) is 1.50. The number of aromatic nitrogens is 1. The van der Waals surface area contributed by atoms with Crippen molar-refractivity contribution in [3.8, 4) is 0 Å². The number of likely N-dealkylation sites (tertiary alicyclic amines) is 1. The molecule has 1 saturated heterocycles. The lowest BCUT2D eigenvalue weighted by atomic mass is 10.1. The van der Waals surface area contributed by atoms with Crippen LogP contribution in [0.25, 0.3) is 0 Å². The summed E-state index contributed by atoms with van der Waals surface area (Å²) >= 11 is 5.99. The van der Waals surface area contributed by atoms with Gasteiger partial charge in [-0.3, -0.25) is 4.79 Å². The van der Waals surface area contributed by atoms with Gasteiger partial charge in [0, 0.05) is 31.5 Å². The minimum absolute atomic E-state index is 0.0150. The Balaban J connectivity index is 2.14.